The second-order valence-corrected chi connectivity index (χ2v) is 5.75. The number of nitrogens with one attached hydrogen (secondary N) is 2. The van der Waals surface area contributed by atoms with Crippen LogP contribution in [0.4, 0.5) is 10.5 Å². The van der Waals surface area contributed by atoms with Gasteiger partial charge in [-0.25, -0.2) is 4.79 Å². The van der Waals surface area contributed by atoms with Crippen molar-refractivity contribution in [2.45, 2.75) is 19.4 Å². The van der Waals surface area contributed by atoms with Crippen LogP contribution in [0, 0.1) is 0 Å². The van der Waals surface area contributed by atoms with Crippen molar-refractivity contribution in [3.63, 3.8) is 0 Å². The van der Waals surface area contributed by atoms with E-state index < -0.39 is 12.1 Å². The Morgan fingerprint density at radius 3 is 3.00 bits per heavy atom. The van der Waals surface area contributed by atoms with E-state index in [4.69, 9.17) is 9.47 Å². The number of aliphatic hydroxyl groups excluding tert-OH is 1. The molecule has 0 bridgehead atoms. The van der Waals surface area contributed by atoms with Gasteiger partial charge in [-0.3, -0.25) is 0 Å². The van der Waals surface area contributed by atoms with Gasteiger partial charge in [0.1, 0.15) is 11.5 Å². The first-order valence-corrected chi connectivity index (χ1v) is 8.37. The van der Waals surface area contributed by atoms with Crippen LogP contribution in [0.15, 0.2) is 42.5 Å². The fraction of sp³-hybridized carbons (Fsp3) is 0.316. The van der Waals surface area contributed by atoms with Crippen LogP contribution >= 0.6 is 0 Å². The van der Waals surface area contributed by atoms with Crippen molar-refractivity contribution in [3.05, 3.63) is 53.6 Å². The first kappa shape index (κ1) is 17.1. The Labute approximate surface area is 146 Å². The third-order valence-electron chi connectivity index (χ3n) is 3.99. The van der Waals surface area contributed by atoms with Crippen LogP contribution in [0.5, 0.6) is 11.5 Å². The summed E-state index contributed by atoms with van der Waals surface area (Å²) in [5.41, 5.74) is 2.44. The number of aliphatic hydroxyl groups is 1. The maximum Gasteiger partial charge on any atom is 0.319 e. The number of anilines is 1. The highest BCUT2D eigenvalue weighted by atomic mass is 16.5. The first-order valence-electron chi connectivity index (χ1n) is 8.37. The molecule has 0 aromatic heterocycles. The summed E-state index contributed by atoms with van der Waals surface area (Å²) in [6, 6.07) is 12.4. The minimum Gasteiger partial charge on any atom is -0.493 e. The van der Waals surface area contributed by atoms with Gasteiger partial charge in [-0.05, 0) is 42.3 Å². The van der Waals surface area contributed by atoms with E-state index in [1.807, 2.05) is 37.3 Å². The van der Waals surface area contributed by atoms with E-state index in [0.29, 0.717) is 24.7 Å². The predicted molar refractivity (Wildman–Crippen MR) is 95.2 cm³/mol. The number of rotatable bonds is 6. The van der Waals surface area contributed by atoms with Crippen LogP contribution in [-0.4, -0.2) is 30.9 Å². The van der Waals surface area contributed by atoms with Gasteiger partial charge in [-0.2, -0.15) is 0 Å². The lowest BCUT2D eigenvalue weighted by Gasteiger charge is -2.15. The van der Waals surface area contributed by atoms with Crippen molar-refractivity contribution < 1.29 is 19.4 Å². The summed E-state index contributed by atoms with van der Waals surface area (Å²) >= 11 is 0. The lowest BCUT2D eigenvalue weighted by molar-refractivity contribution is 0.175. The van der Waals surface area contributed by atoms with Crippen LogP contribution in [-0.2, 0) is 6.42 Å². The molecule has 0 saturated heterocycles. The number of benzene rings is 2. The predicted octanol–water partition coefficient (Wildman–Crippen LogP) is 2.88. The zero-order valence-corrected chi connectivity index (χ0v) is 14.1. The molecule has 3 rings (SSSR count). The third-order valence-corrected chi connectivity index (χ3v) is 3.99. The Hall–Kier alpha value is -2.73. The van der Waals surface area contributed by atoms with Gasteiger partial charge in [0, 0.05) is 13.0 Å². The molecule has 1 unspecified atom stereocenters. The largest absolute Gasteiger partial charge is 0.493 e. The summed E-state index contributed by atoms with van der Waals surface area (Å²) in [5, 5.41) is 15.7. The van der Waals surface area contributed by atoms with Crippen molar-refractivity contribution >= 4 is 11.7 Å². The van der Waals surface area contributed by atoms with Gasteiger partial charge in [-0.1, -0.05) is 18.2 Å². The summed E-state index contributed by atoms with van der Waals surface area (Å²) in [5.74, 6) is 1.48. The molecule has 25 heavy (non-hydrogen) atoms. The SMILES string of the molecule is CCOc1ccccc1NC(=O)NCC(O)c1ccc2c(c1)CCO2. The summed E-state index contributed by atoms with van der Waals surface area (Å²) in [6.07, 6.45) is 0.0664. The van der Waals surface area contributed by atoms with E-state index in [-0.39, 0.29) is 6.54 Å². The summed E-state index contributed by atoms with van der Waals surface area (Å²) in [7, 11) is 0. The molecule has 1 aliphatic heterocycles. The van der Waals surface area contributed by atoms with Crippen LogP contribution < -0.4 is 20.1 Å². The fourth-order valence-electron chi connectivity index (χ4n) is 2.74. The maximum absolute atomic E-state index is 12.1. The summed E-state index contributed by atoms with van der Waals surface area (Å²) in [6.45, 7) is 3.19. The Morgan fingerprint density at radius 2 is 2.16 bits per heavy atom. The number of hydrogen-bond acceptors (Lipinski definition) is 4. The van der Waals surface area contributed by atoms with Gasteiger partial charge >= 0.3 is 6.03 Å². The number of urea groups is 1. The molecule has 3 N–H and O–H groups in total. The van der Waals surface area contributed by atoms with Gasteiger partial charge in [0.05, 0.1) is 25.0 Å². The molecule has 2 aromatic carbocycles. The Kier molecular flexibility index (Phi) is 5.40. The van der Waals surface area contributed by atoms with E-state index in [0.717, 1.165) is 23.3 Å². The van der Waals surface area contributed by atoms with Gasteiger partial charge in [0.2, 0.25) is 0 Å². The normalized spacial score (nSPS) is 13.5. The Balaban J connectivity index is 1.55. The van der Waals surface area contributed by atoms with Crippen LogP contribution in [0.1, 0.15) is 24.2 Å². The quantitative estimate of drug-likeness (QED) is 0.754. The van der Waals surface area contributed by atoms with Gasteiger partial charge < -0.3 is 25.2 Å². The lowest BCUT2D eigenvalue weighted by Crippen LogP contribution is -2.32. The average Bonchev–Trinajstić information content (AvgIpc) is 3.09. The molecule has 2 amide bonds. The Morgan fingerprint density at radius 1 is 1.32 bits per heavy atom. The highest BCUT2D eigenvalue weighted by Crippen LogP contribution is 2.28. The third kappa shape index (κ3) is 4.22. The minimum atomic E-state index is -0.779. The number of carbonyl (C=O) groups excluding carboxylic acids is 1. The van der Waals surface area contributed by atoms with Crippen molar-refractivity contribution in [3.8, 4) is 11.5 Å². The molecular weight excluding hydrogens is 320 g/mol. The molecule has 0 radical (unpaired) electrons. The van der Waals surface area contributed by atoms with Crippen molar-refractivity contribution in [2.24, 2.45) is 0 Å². The molecule has 1 aliphatic rings. The monoisotopic (exact) mass is 342 g/mol. The standard InChI is InChI=1S/C19H22N2O4/c1-2-24-18-6-4-3-5-15(18)21-19(23)20-12-16(22)13-7-8-17-14(11-13)9-10-25-17/h3-8,11,16,22H,2,9-10,12H2,1H3,(H2,20,21,23). The molecular formula is C19H22N2O4. The zero-order valence-electron chi connectivity index (χ0n) is 14.1. The van der Waals surface area contributed by atoms with Crippen molar-refractivity contribution in [2.75, 3.05) is 25.1 Å². The summed E-state index contributed by atoms with van der Waals surface area (Å²) < 4.78 is 10.9. The molecule has 2 aromatic rings. The second kappa shape index (κ2) is 7.90. The minimum absolute atomic E-state index is 0.113. The van der Waals surface area contributed by atoms with Gasteiger partial charge in [0.25, 0.3) is 0 Å². The van der Waals surface area contributed by atoms with E-state index in [9.17, 15) is 9.90 Å². The number of hydrogen-bond donors (Lipinski definition) is 3. The molecule has 0 aliphatic carbocycles. The van der Waals surface area contributed by atoms with Crippen LogP contribution in [0.3, 0.4) is 0 Å². The maximum atomic E-state index is 12.1. The van der Waals surface area contributed by atoms with Gasteiger partial charge in [-0.15, -0.1) is 0 Å². The molecule has 0 spiro atoms. The van der Waals surface area contributed by atoms with Crippen LogP contribution in [0.2, 0.25) is 0 Å². The second-order valence-electron chi connectivity index (χ2n) is 5.75. The highest BCUT2D eigenvalue weighted by Gasteiger charge is 2.16. The number of carbonyl (C=O) groups is 1. The van der Waals surface area contributed by atoms with Crippen LogP contribution in [0.25, 0.3) is 0 Å². The molecule has 132 valence electrons. The van der Waals surface area contributed by atoms with E-state index in [1.54, 1.807) is 12.1 Å². The molecule has 6 heteroatoms. The van der Waals surface area contributed by atoms with E-state index in [2.05, 4.69) is 10.6 Å². The molecule has 1 heterocycles. The van der Waals surface area contributed by atoms with Crippen molar-refractivity contribution in [1.82, 2.24) is 5.32 Å². The summed E-state index contributed by atoms with van der Waals surface area (Å²) in [4.78, 5) is 12.1. The Bertz CT molecular complexity index is 748. The fourth-order valence-corrected chi connectivity index (χ4v) is 2.74. The van der Waals surface area contributed by atoms with E-state index in [1.165, 1.54) is 0 Å². The highest BCUT2D eigenvalue weighted by molar-refractivity contribution is 5.90. The number of fused-ring (bicyclic) bond motifs is 1. The number of ether oxygens (including phenoxy) is 2. The zero-order chi connectivity index (χ0) is 17.6. The molecule has 0 saturated carbocycles. The molecule has 6 nitrogen and oxygen atoms in total. The van der Waals surface area contributed by atoms with Gasteiger partial charge in [0.15, 0.2) is 0 Å². The van der Waals surface area contributed by atoms with E-state index >= 15 is 0 Å². The lowest BCUT2D eigenvalue weighted by atomic mass is 10.0. The van der Waals surface area contributed by atoms with Crippen molar-refractivity contribution in [1.29, 1.82) is 0 Å². The first-order chi connectivity index (χ1) is 12.2. The molecule has 0 fully saturated rings. The number of para-hydroxylation sites is 2. The topological polar surface area (TPSA) is 79.8 Å². The average molecular weight is 342 g/mol. The number of amides is 2. The smallest absolute Gasteiger partial charge is 0.319 e. The molecule has 1 atom stereocenters.